The van der Waals surface area contributed by atoms with Crippen LogP contribution in [0.5, 0.6) is 0 Å². The summed E-state index contributed by atoms with van der Waals surface area (Å²) in [7, 11) is 0. The number of carbonyl (C=O) groups is 2. The molecule has 22 heavy (non-hydrogen) atoms. The predicted molar refractivity (Wildman–Crippen MR) is 80.4 cm³/mol. The number of amides is 2. The molecule has 1 aliphatic heterocycles. The number of hydrogen-bond donors (Lipinski definition) is 1. The molecule has 2 aromatic carbocycles. The normalized spacial score (nSPS) is 13.9. The van der Waals surface area contributed by atoms with Gasteiger partial charge in [0, 0.05) is 29.5 Å². The first-order valence-electron chi connectivity index (χ1n) is 7.17. The number of carbonyl (C=O) groups excluding carboxylic acids is 2. The first-order chi connectivity index (χ1) is 10.8. The summed E-state index contributed by atoms with van der Waals surface area (Å²) in [5, 5.41) is 1.69. The van der Waals surface area contributed by atoms with Crippen LogP contribution in [0.15, 0.2) is 48.9 Å². The highest BCUT2D eigenvalue weighted by Crippen LogP contribution is 2.29. The van der Waals surface area contributed by atoms with Gasteiger partial charge in [-0.05, 0) is 17.5 Å². The van der Waals surface area contributed by atoms with Crippen LogP contribution in [0.4, 0.5) is 0 Å². The molecule has 0 fully saturated rings. The molecule has 1 aliphatic rings. The zero-order valence-electron chi connectivity index (χ0n) is 11.8. The summed E-state index contributed by atoms with van der Waals surface area (Å²) in [5.74, 6) is -0.435. The minimum atomic E-state index is -0.218. The second kappa shape index (κ2) is 4.80. The molecule has 2 N–H and O–H groups in total. The summed E-state index contributed by atoms with van der Waals surface area (Å²) < 4.78 is 0. The van der Waals surface area contributed by atoms with Crippen molar-refractivity contribution in [3.63, 3.8) is 0 Å². The zero-order chi connectivity index (χ0) is 15.1. The van der Waals surface area contributed by atoms with Gasteiger partial charge in [0.05, 0.1) is 0 Å². The van der Waals surface area contributed by atoms with Crippen molar-refractivity contribution in [2.45, 2.75) is 6.42 Å². The largest absolute Gasteiger partial charge is 0.274 e. The van der Waals surface area contributed by atoms with Gasteiger partial charge >= 0.3 is 0 Å². The Kier molecular flexibility index (Phi) is 2.79. The van der Waals surface area contributed by atoms with Gasteiger partial charge in [-0.25, -0.2) is 4.98 Å². The van der Waals surface area contributed by atoms with Gasteiger partial charge in [0.2, 0.25) is 6.33 Å². The third-order valence-corrected chi connectivity index (χ3v) is 4.06. The number of aromatic nitrogens is 2. The fourth-order valence-corrected chi connectivity index (χ4v) is 2.98. The first-order valence-corrected chi connectivity index (χ1v) is 7.17. The number of H-pyrrole nitrogens is 2. The Hall–Kier alpha value is -2.95. The van der Waals surface area contributed by atoms with Crippen molar-refractivity contribution in [3.05, 3.63) is 65.7 Å². The number of aromatic amines is 2. The number of imidazole rings is 1. The average molecular weight is 292 g/mol. The molecule has 2 amide bonds. The maximum Gasteiger partial charge on any atom is 0.261 e. The van der Waals surface area contributed by atoms with Crippen molar-refractivity contribution in [2.75, 3.05) is 6.54 Å². The van der Waals surface area contributed by atoms with Gasteiger partial charge in [-0.2, -0.15) is 0 Å². The van der Waals surface area contributed by atoms with Crippen molar-refractivity contribution in [1.29, 1.82) is 0 Å². The van der Waals surface area contributed by atoms with Crippen LogP contribution in [0.25, 0.3) is 10.8 Å². The van der Waals surface area contributed by atoms with E-state index < -0.39 is 0 Å². The lowest BCUT2D eigenvalue weighted by Crippen LogP contribution is -2.41. The number of imide groups is 1. The van der Waals surface area contributed by atoms with Crippen molar-refractivity contribution in [2.24, 2.45) is 0 Å². The summed E-state index contributed by atoms with van der Waals surface area (Å²) in [5.41, 5.74) is 2.16. The molecular formula is C17H14N3O2+. The smallest absolute Gasteiger partial charge is 0.261 e. The Morgan fingerprint density at radius 3 is 2.27 bits per heavy atom. The molecule has 0 spiro atoms. The van der Waals surface area contributed by atoms with E-state index in [4.69, 9.17) is 0 Å². The monoisotopic (exact) mass is 292 g/mol. The van der Waals surface area contributed by atoms with Gasteiger partial charge in [-0.3, -0.25) is 19.5 Å². The molecular weight excluding hydrogens is 278 g/mol. The van der Waals surface area contributed by atoms with Crippen LogP contribution in [0.1, 0.15) is 26.4 Å². The highest BCUT2D eigenvalue weighted by Gasteiger charge is 2.32. The Labute approximate surface area is 126 Å². The van der Waals surface area contributed by atoms with Crippen LogP contribution in [-0.2, 0) is 6.42 Å². The lowest BCUT2D eigenvalue weighted by Gasteiger charge is -2.26. The molecule has 108 valence electrons. The van der Waals surface area contributed by atoms with Crippen LogP contribution in [0.3, 0.4) is 0 Å². The van der Waals surface area contributed by atoms with Gasteiger partial charge < -0.3 is 0 Å². The maximum absolute atomic E-state index is 12.7. The summed E-state index contributed by atoms with van der Waals surface area (Å²) in [6, 6.07) is 11.1. The molecule has 5 nitrogen and oxygen atoms in total. The number of nitrogens with zero attached hydrogens (tertiary/aromatic N) is 1. The average Bonchev–Trinajstić information content (AvgIpc) is 3.06. The van der Waals surface area contributed by atoms with E-state index >= 15 is 0 Å². The lowest BCUT2D eigenvalue weighted by atomic mass is 9.94. The molecule has 1 aromatic heterocycles. The van der Waals surface area contributed by atoms with Crippen molar-refractivity contribution in [1.82, 2.24) is 9.88 Å². The van der Waals surface area contributed by atoms with Crippen LogP contribution >= 0.6 is 0 Å². The van der Waals surface area contributed by atoms with Crippen LogP contribution in [-0.4, -0.2) is 28.2 Å². The first kappa shape index (κ1) is 12.8. The highest BCUT2D eigenvalue weighted by molar-refractivity contribution is 6.25. The highest BCUT2D eigenvalue weighted by atomic mass is 16.2. The van der Waals surface area contributed by atoms with E-state index in [1.54, 1.807) is 18.5 Å². The van der Waals surface area contributed by atoms with E-state index in [0.717, 1.165) is 16.5 Å². The molecule has 5 heteroatoms. The Bertz CT molecular complexity index is 833. The summed E-state index contributed by atoms with van der Waals surface area (Å²) in [6.45, 7) is 0.358. The van der Waals surface area contributed by atoms with Gasteiger partial charge in [-0.15, -0.1) is 0 Å². The number of hydrogen-bond acceptors (Lipinski definition) is 2. The Morgan fingerprint density at radius 1 is 1.00 bits per heavy atom. The third kappa shape index (κ3) is 1.83. The molecule has 0 aliphatic carbocycles. The molecule has 0 saturated heterocycles. The van der Waals surface area contributed by atoms with Crippen LogP contribution in [0, 0.1) is 0 Å². The maximum atomic E-state index is 12.7. The molecule has 2 heterocycles. The quantitative estimate of drug-likeness (QED) is 0.748. The zero-order valence-corrected chi connectivity index (χ0v) is 11.8. The van der Waals surface area contributed by atoms with E-state index in [1.165, 1.54) is 4.90 Å². The number of rotatable bonds is 3. The lowest BCUT2D eigenvalue weighted by molar-refractivity contribution is -0.376. The van der Waals surface area contributed by atoms with E-state index in [-0.39, 0.29) is 11.8 Å². The van der Waals surface area contributed by atoms with Crippen molar-refractivity contribution < 1.29 is 14.6 Å². The minimum absolute atomic E-state index is 0.218. The summed E-state index contributed by atoms with van der Waals surface area (Å²) in [4.78, 5) is 32.6. The topological polar surface area (TPSA) is 67.3 Å². The van der Waals surface area contributed by atoms with Gasteiger partial charge in [0.25, 0.3) is 11.8 Å². The standard InChI is InChI=1S/C17H13N3O2/c21-16-13-5-1-3-11-4-2-6-14(15(11)13)17(22)20(16)8-7-12-9-18-10-19-12/h1-6,9-10H,7-8H2,(H,18,19)/p+1. The van der Waals surface area contributed by atoms with Crippen molar-refractivity contribution >= 4 is 22.6 Å². The molecule has 0 unspecified atom stereocenters. The molecule has 0 saturated carbocycles. The van der Waals surface area contributed by atoms with Gasteiger partial charge in [0.15, 0.2) is 0 Å². The molecule has 0 bridgehead atoms. The molecule has 4 rings (SSSR count). The Balaban J connectivity index is 1.75. The van der Waals surface area contributed by atoms with Crippen molar-refractivity contribution in [3.8, 4) is 0 Å². The predicted octanol–water partition coefficient (Wildman–Crippen LogP) is 1.82. The second-order valence-electron chi connectivity index (χ2n) is 5.35. The number of nitrogens with one attached hydrogen (secondary N) is 2. The van der Waals surface area contributed by atoms with E-state index in [1.807, 2.05) is 30.5 Å². The van der Waals surface area contributed by atoms with Crippen LogP contribution in [0.2, 0.25) is 0 Å². The van der Waals surface area contributed by atoms with Gasteiger partial charge in [-0.1, -0.05) is 24.3 Å². The fourth-order valence-electron chi connectivity index (χ4n) is 2.98. The SMILES string of the molecule is O=C1c2cccc3cccc(c23)C(=O)N1CCc1c[nH+]c[nH]1. The molecule has 0 atom stereocenters. The molecule has 0 radical (unpaired) electrons. The van der Waals surface area contributed by atoms with E-state index in [9.17, 15) is 9.59 Å². The Morgan fingerprint density at radius 2 is 1.68 bits per heavy atom. The summed E-state index contributed by atoms with van der Waals surface area (Å²) >= 11 is 0. The van der Waals surface area contributed by atoms with Gasteiger partial charge in [0.1, 0.15) is 11.9 Å². The second-order valence-corrected chi connectivity index (χ2v) is 5.35. The minimum Gasteiger partial charge on any atom is -0.274 e. The third-order valence-electron chi connectivity index (χ3n) is 4.06. The number of benzene rings is 2. The van der Waals surface area contributed by atoms with E-state index in [0.29, 0.717) is 24.1 Å². The van der Waals surface area contributed by atoms with Crippen LogP contribution < -0.4 is 4.98 Å². The fraction of sp³-hybridized carbons (Fsp3) is 0.118. The summed E-state index contributed by atoms with van der Waals surface area (Å²) in [6.07, 6.45) is 4.14. The van der Waals surface area contributed by atoms with E-state index in [2.05, 4.69) is 9.97 Å². The molecule has 3 aromatic rings.